The van der Waals surface area contributed by atoms with Gasteiger partial charge in [-0.25, -0.2) is 0 Å². The maximum atomic E-state index is 9.31. The summed E-state index contributed by atoms with van der Waals surface area (Å²) in [6, 6.07) is 7.39. The first-order chi connectivity index (χ1) is 8.50. The zero-order valence-electron chi connectivity index (χ0n) is 12.0. The molecule has 0 amide bonds. The Hall–Kier alpha value is -1.22. The van der Waals surface area contributed by atoms with Crippen LogP contribution in [0.1, 0.15) is 26.7 Å². The molecule has 102 valence electrons. The highest BCUT2D eigenvalue weighted by molar-refractivity contribution is 5.48. The number of phenols is 1. The van der Waals surface area contributed by atoms with Crippen molar-refractivity contribution in [1.29, 1.82) is 0 Å². The van der Waals surface area contributed by atoms with E-state index >= 15 is 0 Å². The molecule has 1 aromatic rings. The fourth-order valence-corrected chi connectivity index (χ4v) is 2.62. The van der Waals surface area contributed by atoms with Crippen molar-refractivity contribution in [1.82, 2.24) is 5.32 Å². The van der Waals surface area contributed by atoms with Crippen LogP contribution in [0.5, 0.6) is 5.75 Å². The monoisotopic (exact) mass is 250 g/mol. The summed E-state index contributed by atoms with van der Waals surface area (Å²) in [7, 11) is 4.12. The summed E-state index contributed by atoms with van der Waals surface area (Å²) >= 11 is 0. The predicted molar refractivity (Wildman–Crippen MR) is 78.3 cm³/mol. The van der Waals surface area contributed by atoms with Gasteiger partial charge in [-0.3, -0.25) is 0 Å². The molecule has 3 heteroatoms. The first-order valence-electron chi connectivity index (χ1n) is 6.65. The van der Waals surface area contributed by atoms with Gasteiger partial charge >= 0.3 is 0 Å². The molecule has 0 aliphatic carbocycles. The quantitative estimate of drug-likeness (QED) is 0.781. The Morgan fingerprint density at radius 2 is 1.89 bits per heavy atom. The van der Waals surface area contributed by atoms with E-state index in [9.17, 15) is 5.11 Å². The summed E-state index contributed by atoms with van der Waals surface area (Å²) in [5.74, 6) is 0.318. The number of hydrogen-bond donors (Lipinski definition) is 2. The van der Waals surface area contributed by atoms with Crippen LogP contribution in [0.3, 0.4) is 0 Å². The Morgan fingerprint density at radius 1 is 1.28 bits per heavy atom. The molecule has 1 atom stereocenters. The number of phenolic OH excluding ortho intramolecular Hbond substituents is 1. The van der Waals surface area contributed by atoms with Crippen LogP contribution in [0.15, 0.2) is 24.3 Å². The number of hydrogen-bond acceptors (Lipinski definition) is 3. The summed E-state index contributed by atoms with van der Waals surface area (Å²) in [4.78, 5) is 2.26. The van der Waals surface area contributed by atoms with E-state index in [1.807, 2.05) is 19.2 Å². The molecular weight excluding hydrogens is 224 g/mol. The summed E-state index contributed by atoms with van der Waals surface area (Å²) < 4.78 is 0. The highest BCUT2D eigenvalue weighted by atomic mass is 16.3. The second-order valence-corrected chi connectivity index (χ2v) is 5.46. The molecular formula is C15H26N2O. The van der Waals surface area contributed by atoms with Gasteiger partial charge in [0.2, 0.25) is 0 Å². The number of nitrogens with zero attached hydrogens (tertiary/aromatic N) is 1. The van der Waals surface area contributed by atoms with Crippen molar-refractivity contribution < 1.29 is 5.11 Å². The third-order valence-electron chi connectivity index (χ3n) is 3.37. The van der Waals surface area contributed by atoms with Crippen LogP contribution in [-0.4, -0.2) is 32.3 Å². The van der Waals surface area contributed by atoms with Gasteiger partial charge in [-0.1, -0.05) is 20.3 Å². The minimum atomic E-state index is 0.274. The molecule has 0 saturated carbocycles. The van der Waals surface area contributed by atoms with Crippen LogP contribution in [0.25, 0.3) is 0 Å². The molecule has 0 saturated heterocycles. The SMILES string of the molecule is CCCC(C)(CNC)CN(C)c1ccc(O)cc1. The highest BCUT2D eigenvalue weighted by Gasteiger charge is 2.24. The topological polar surface area (TPSA) is 35.5 Å². The molecule has 0 radical (unpaired) electrons. The van der Waals surface area contributed by atoms with Gasteiger partial charge in [0.05, 0.1) is 0 Å². The van der Waals surface area contributed by atoms with E-state index in [2.05, 4.69) is 31.1 Å². The van der Waals surface area contributed by atoms with Crippen LogP contribution >= 0.6 is 0 Å². The highest BCUT2D eigenvalue weighted by Crippen LogP contribution is 2.26. The largest absolute Gasteiger partial charge is 0.508 e. The molecule has 0 bridgehead atoms. The van der Waals surface area contributed by atoms with Gasteiger partial charge in [0.1, 0.15) is 5.75 Å². The van der Waals surface area contributed by atoms with Gasteiger partial charge in [0.25, 0.3) is 0 Å². The lowest BCUT2D eigenvalue weighted by Crippen LogP contribution is -2.40. The van der Waals surface area contributed by atoms with Crippen molar-refractivity contribution >= 4 is 5.69 Å². The predicted octanol–water partition coefficient (Wildman–Crippen LogP) is 2.85. The average Bonchev–Trinajstić information content (AvgIpc) is 2.30. The maximum absolute atomic E-state index is 9.31. The Labute approximate surface area is 111 Å². The second kappa shape index (κ2) is 6.64. The number of nitrogens with one attached hydrogen (secondary N) is 1. The Kier molecular flexibility index (Phi) is 5.48. The normalized spacial score (nSPS) is 14.2. The molecule has 0 aliphatic heterocycles. The van der Waals surface area contributed by atoms with Gasteiger partial charge in [0.15, 0.2) is 0 Å². The van der Waals surface area contributed by atoms with Gasteiger partial charge < -0.3 is 15.3 Å². The minimum Gasteiger partial charge on any atom is -0.508 e. The summed E-state index contributed by atoms with van der Waals surface area (Å²) in [6.07, 6.45) is 2.40. The Bertz CT molecular complexity index is 342. The molecule has 1 aromatic carbocycles. The lowest BCUT2D eigenvalue weighted by atomic mass is 9.85. The number of rotatable bonds is 7. The van der Waals surface area contributed by atoms with E-state index in [0.717, 1.165) is 18.8 Å². The number of benzene rings is 1. The van der Waals surface area contributed by atoms with E-state index in [1.165, 1.54) is 12.8 Å². The van der Waals surface area contributed by atoms with E-state index in [1.54, 1.807) is 12.1 Å². The third-order valence-corrected chi connectivity index (χ3v) is 3.37. The standard InChI is InChI=1S/C15H26N2O/c1-5-10-15(2,11-16-3)12-17(4)13-6-8-14(18)9-7-13/h6-9,16,18H,5,10-12H2,1-4H3. The third kappa shape index (κ3) is 4.22. The number of aromatic hydroxyl groups is 1. The molecule has 2 N–H and O–H groups in total. The van der Waals surface area contributed by atoms with Gasteiger partial charge in [0, 0.05) is 25.8 Å². The van der Waals surface area contributed by atoms with E-state index in [0.29, 0.717) is 5.75 Å². The lowest BCUT2D eigenvalue weighted by molar-refractivity contribution is 0.292. The van der Waals surface area contributed by atoms with Gasteiger partial charge in [-0.05, 0) is 43.1 Å². The smallest absolute Gasteiger partial charge is 0.115 e. The molecule has 0 aromatic heterocycles. The summed E-state index contributed by atoms with van der Waals surface area (Å²) in [5.41, 5.74) is 1.42. The van der Waals surface area contributed by atoms with Crippen molar-refractivity contribution in [2.24, 2.45) is 5.41 Å². The van der Waals surface area contributed by atoms with Crippen LogP contribution in [-0.2, 0) is 0 Å². The van der Waals surface area contributed by atoms with Crippen LogP contribution < -0.4 is 10.2 Å². The van der Waals surface area contributed by atoms with Gasteiger partial charge in [-0.2, -0.15) is 0 Å². The molecule has 3 nitrogen and oxygen atoms in total. The Balaban J connectivity index is 2.71. The van der Waals surface area contributed by atoms with E-state index in [4.69, 9.17) is 0 Å². The maximum Gasteiger partial charge on any atom is 0.115 e. The molecule has 18 heavy (non-hydrogen) atoms. The van der Waals surface area contributed by atoms with Crippen LogP contribution in [0, 0.1) is 5.41 Å². The zero-order valence-corrected chi connectivity index (χ0v) is 12.0. The van der Waals surface area contributed by atoms with Crippen molar-refractivity contribution in [2.45, 2.75) is 26.7 Å². The molecule has 1 rings (SSSR count). The fourth-order valence-electron chi connectivity index (χ4n) is 2.62. The molecule has 0 aliphatic rings. The number of anilines is 1. The average molecular weight is 250 g/mol. The molecule has 1 unspecified atom stereocenters. The van der Waals surface area contributed by atoms with Crippen LogP contribution in [0.2, 0.25) is 0 Å². The fraction of sp³-hybridized carbons (Fsp3) is 0.600. The molecule has 0 fully saturated rings. The van der Waals surface area contributed by atoms with Crippen molar-refractivity contribution in [3.63, 3.8) is 0 Å². The summed E-state index contributed by atoms with van der Waals surface area (Å²) in [6.45, 7) is 6.58. The second-order valence-electron chi connectivity index (χ2n) is 5.46. The lowest BCUT2D eigenvalue weighted by Gasteiger charge is -2.34. The van der Waals surface area contributed by atoms with Gasteiger partial charge in [-0.15, -0.1) is 0 Å². The molecule has 0 spiro atoms. The van der Waals surface area contributed by atoms with Crippen molar-refractivity contribution in [2.75, 3.05) is 32.1 Å². The first kappa shape index (κ1) is 14.8. The van der Waals surface area contributed by atoms with Crippen molar-refractivity contribution in [3.8, 4) is 5.75 Å². The minimum absolute atomic E-state index is 0.274. The first-order valence-corrected chi connectivity index (χ1v) is 6.65. The molecule has 0 heterocycles. The zero-order chi connectivity index (χ0) is 13.6. The van der Waals surface area contributed by atoms with E-state index < -0.39 is 0 Å². The van der Waals surface area contributed by atoms with E-state index in [-0.39, 0.29) is 5.41 Å². The van der Waals surface area contributed by atoms with Crippen molar-refractivity contribution in [3.05, 3.63) is 24.3 Å². The Morgan fingerprint density at radius 3 is 2.39 bits per heavy atom. The summed E-state index contributed by atoms with van der Waals surface area (Å²) in [5, 5.41) is 12.6. The van der Waals surface area contributed by atoms with Crippen LogP contribution in [0.4, 0.5) is 5.69 Å².